The highest BCUT2D eigenvalue weighted by Gasteiger charge is 2.37. The average molecular weight is 675 g/mol. The van der Waals surface area contributed by atoms with E-state index >= 15 is 0 Å². The van der Waals surface area contributed by atoms with Gasteiger partial charge in [0.15, 0.2) is 0 Å². The first-order valence-corrected chi connectivity index (χ1v) is 17.1. The number of ether oxygens (including phenoxy) is 3. The minimum absolute atomic E-state index is 0.204. The topological polar surface area (TPSA) is 119 Å². The van der Waals surface area contributed by atoms with Crippen LogP contribution >= 0.6 is 0 Å². The van der Waals surface area contributed by atoms with E-state index in [4.69, 9.17) is 14.2 Å². The van der Waals surface area contributed by atoms with Gasteiger partial charge in [0, 0.05) is 42.4 Å². The summed E-state index contributed by atoms with van der Waals surface area (Å²) in [6, 6.07) is 7.26. The van der Waals surface area contributed by atoms with Crippen molar-refractivity contribution in [2.24, 2.45) is 16.3 Å². The monoisotopic (exact) mass is 674 g/mol. The number of imide groups is 1. The molecule has 10 heteroatoms. The Morgan fingerprint density at radius 3 is 2.41 bits per heavy atom. The third-order valence-electron chi connectivity index (χ3n) is 7.36. The molecule has 1 aromatic carbocycles. The molecule has 1 aromatic heterocycles. The highest BCUT2D eigenvalue weighted by molar-refractivity contribution is 5.96. The SMILES string of the molecule is CC(C)(C)C.CC/C=C(/N=C\C=C(/C)c1cnc(NCc2cccc(C(=O)OC)c2)c2c1OCC2)N(C(=O)OC(C)(C)C)C(=O)C1CCC1. The van der Waals surface area contributed by atoms with Crippen molar-refractivity contribution in [2.45, 2.75) is 107 Å². The van der Waals surface area contributed by atoms with Crippen LogP contribution in [-0.4, -0.2) is 53.4 Å². The van der Waals surface area contributed by atoms with E-state index in [1.54, 1.807) is 51.4 Å². The summed E-state index contributed by atoms with van der Waals surface area (Å²) in [6.45, 7) is 18.9. The Labute approximate surface area is 292 Å². The fraction of sp³-hybridized carbons (Fsp3) is 0.513. The Morgan fingerprint density at radius 1 is 1.12 bits per heavy atom. The maximum atomic E-state index is 13.3. The zero-order valence-electron chi connectivity index (χ0n) is 30.9. The lowest BCUT2D eigenvalue weighted by Gasteiger charge is -2.31. The number of rotatable bonds is 10. The molecule has 1 fully saturated rings. The Balaban J connectivity index is 0.00000121. The number of allylic oxidation sites excluding steroid dienone is 3. The third kappa shape index (κ3) is 11.9. The second-order valence-electron chi connectivity index (χ2n) is 14.9. The molecule has 10 nitrogen and oxygen atoms in total. The molecule has 0 unspecified atom stereocenters. The van der Waals surface area contributed by atoms with Crippen molar-refractivity contribution in [3.05, 3.63) is 70.7 Å². The van der Waals surface area contributed by atoms with Crippen LogP contribution in [-0.2, 0) is 27.2 Å². The van der Waals surface area contributed by atoms with Crippen molar-refractivity contribution in [3.63, 3.8) is 0 Å². The molecule has 2 heterocycles. The van der Waals surface area contributed by atoms with Crippen LogP contribution in [0.1, 0.15) is 115 Å². The largest absolute Gasteiger partial charge is 0.492 e. The minimum atomic E-state index is -0.756. The predicted molar refractivity (Wildman–Crippen MR) is 195 cm³/mol. The predicted octanol–water partition coefficient (Wildman–Crippen LogP) is 8.76. The molecular weight excluding hydrogens is 620 g/mol. The average Bonchev–Trinajstić information content (AvgIpc) is 3.47. The third-order valence-corrected chi connectivity index (χ3v) is 7.36. The van der Waals surface area contributed by atoms with Gasteiger partial charge in [-0.05, 0) is 87.8 Å². The molecule has 0 spiro atoms. The molecule has 1 aliphatic carbocycles. The number of methoxy groups -OCH3 is 1. The number of hydrogen-bond acceptors (Lipinski definition) is 9. The van der Waals surface area contributed by atoms with E-state index in [-0.39, 0.29) is 23.6 Å². The van der Waals surface area contributed by atoms with Gasteiger partial charge in [0.05, 0.1) is 19.3 Å². The summed E-state index contributed by atoms with van der Waals surface area (Å²) in [5.41, 5.74) is 3.83. The fourth-order valence-electron chi connectivity index (χ4n) is 4.87. The van der Waals surface area contributed by atoms with Crippen LogP contribution < -0.4 is 10.1 Å². The molecule has 0 saturated heterocycles. The van der Waals surface area contributed by atoms with E-state index in [0.717, 1.165) is 58.0 Å². The molecule has 1 aliphatic heterocycles. The van der Waals surface area contributed by atoms with E-state index in [1.807, 2.05) is 32.1 Å². The van der Waals surface area contributed by atoms with Gasteiger partial charge in [0.25, 0.3) is 0 Å². The molecule has 49 heavy (non-hydrogen) atoms. The normalized spacial score (nSPS) is 15.0. The Morgan fingerprint density at radius 2 is 1.82 bits per heavy atom. The quantitative estimate of drug-likeness (QED) is 0.196. The van der Waals surface area contributed by atoms with Gasteiger partial charge in [-0.2, -0.15) is 4.90 Å². The van der Waals surface area contributed by atoms with Crippen molar-refractivity contribution >= 4 is 35.6 Å². The molecule has 4 rings (SSSR count). The van der Waals surface area contributed by atoms with Gasteiger partial charge in [-0.25, -0.2) is 19.6 Å². The van der Waals surface area contributed by atoms with Crippen molar-refractivity contribution in [2.75, 3.05) is 19.0 Å². The molecule has 2 aromatic rings. The second kappa shape index (κ2) is 17.3. The number of nitrogens with one attached hydrogen (secondary N) is 1. The number of hydrogen-bond donors (Lipinski definition) is 1. The Bertz CT molecular complexity index is 1570. The van der Waals surface area contributed by atoms with Crippen LogP contribution in [0, 0.1) is 11.3 Å². The summed E-state index contributed by atoms with van der Waals surface area (Å²) in [5.74, 6) is 0.866. The number of aliphatic imine (C=N–C) groups is 1. The standard InChI is InChI=1S/C34H42N4O6.C5H12/c1-7-10-28(38(31(39)24-12-9-13-24)33(41)44-34(3,4)5)35-17-15-22(2)27-21-37-30(26-16-18-43-29(26)27)36-20-23-11-8-14-25(19-23)32(40)42-6;1-5(2,3)4/h8,10-11,14-15,17,19,21,24H,7,9,12-13,16,18,20H2,1-6H3,(H,36,37);1-4H3/b22-15+,28-10-,35-17-;. The van der Waals surface area contributed by atoms with Gasteiger partial charge in [0.2, 0.25) is 5.91 Å². The Kier molecular flexibility index (Phi) is 13.7. The maximum absolute atomic E-state index is 13.3. The van der Waals surface area contributed by atoms with Crippen molar-refractivity contribution in [3.8, 4) is 5.75 Å². The summed E-state index contributed by atoms with van der Waals surface area (Å²) in [5, 5.41) is 3.37. The number of amides is 2. The fourth-order valence-corrected chi connectivity index (χ4v) is 4.87. The molecule has 2 aliphatic rings. The molecular formula is C39H54N4O6. The highest BCUT2D eigenvalue weighted by Crippen LogP contribution is 2.37. The van der Waals surface area contributed by atoms with Crippen LogP contribution in [0.15, 0.2) is 53.4 Å². The van der Waals surface area contributed by atoms with Crippen LogP contribution in [0.2, 0.25) is 0 Å². The summed E-state index contributed by atoms with van der Waals surface area (Å²) < 4.78 is 16.4. The highest BCUT2D eigenvalue weighted by atomic mass is 16.6. The lowest BCUT2D eigenvalue weighted by Crippen LogP contribution is -2.44. The van der Waals surface area contributed by atoms with Gasteiger partial charge < -0.3 is 19.5 Å². The number of fused-ring (bicyclic) bond motifs is 1. The van der Waals surface area contributed by atoms with Crippen LogP contribution in [0.25, 0.3) is 5.57 Å². The van der Waals surface area contributed by atoms with Gasteiger partial charge in [-0.1, -0.05) is 53.2 Å². The van der Waals surface area contributed by atoms with Crippen molar-refractivity contribution in [1.29, 1.82) is 0 Å². The smallest absolute Gasteiger partial charge is 0.422 e. The van der Waals surface area contributed by atoms with Gasteiger partial charge in [-0.15, -0.1) is 0 Å². The van der Waals surface area contributed by atoms with E-state index in [1.165, 1.54) is 7.11 Å². The maximum Gasteiger partial charge on any atom is 0.422 e. The van der Waals surface area contributed by atoms with E-state index in [0.29, 0.717) is 37.0 Å². The molecule has 1 saturated carbocycles. The molecule has 266 valence electrons. The molecule has 0 radical (unpaired) electrons. The van der Waals surface area contributed by atoms with Crippen LogP contribution in [0.3, 0.4) is 0 Å². The zero-order chi connectivity index (χ0) is 36.4. The van der Waals surface area contributed by atoms with E-state index in [2.05, 4.69) is 43.0 Å². The zero-order valence-corrected chi connectivity index (χ0v) is 30.9. The number of carbonyl (C=O) groups excluding carboxylic acids is 3. The van der Waals surface area contributed by atoms with Gasteiger partial charge in [0.1, 0.15) is 23.0 Å². The summed E-state index contributed by atoms with van der Waals surface area (Å²) >= 11 is 0. The molecule has 0 bridgehead atoms. The first-order chi connectivity index (χ1) is 23.0. The summed E-state index contributed by atoms with van der Waals surface area (Å²) in [7, 11) is 1.36. The van der Waals surface area contributed by atoms with Gasteiger partial charge >= 0.3 is 12.1 Å². The number of esters is 1. The second-order valence-corrected chi connectivity index (χ2v) is 14.9. The number of aromatic nitrogens is 1. The summed E-state index contributed by atoms with van der Waals surface area (Å²) in [6.07, 6.45) is 9.96. The number of benzene rings is 1. The molecule has 0 atom stereocenters. The molecule has 1 N–H and O–H groups in total. The molecule has 2 amide bonds. The van der Waals surface area contributed by atoms with Crippen LogP contribution in [0.4, 0.5) is 10.6 Å². The van der Waals surface area contributed by atoms with Crippen molar-refractivity contribution < 1.29 is 28.6 Å². The lowest BCUT2D eigenvalue weighted by atomic mass is 9.84. The van der Waals surface area contributed by atoms with Crippen molar-refractivity contribution in [1.82, 2.24) is 9.88 Å². The van der Waals surface area contributed by atoms with Crippen LogP contribution in [0.5, 0.6) is 5.75 Å². The Hall–Kier alpha value is -4.47. The lowest BCUT2D eigenvalue weighted by molar-refractivity contribution is -0.135. The van der Waals surface area contributed by atoms with E-state index < -0.39 is 11.7 Å². The van der Waals surface area contributed by atoms with E-state index in [9.17, 15) is 14.4 Å². The summed E-state index contributed by atoms with van der Waals surface area (Å²) in [4.78, 5) is 48.7. The number of anilines is 1. The minimum Gasteiger partial charge on any atom is -0.492 e. The number of carbonyl (C=O) groups is 3. The number of nitrogens with zero attached hydrogens (tertiary/aromatic N) is 3. The first kappa shape index (κ1) is 39.0. The number of pyridine rings is 1. The van der Waals surface area contributed by atoms with Gasteiger partial charge in [-0.3, -0.25) is 4.79 Å². The first-order valence-electron chi connectivity index (χ1n) is 17.1.